The van der Waals surface area contributed by atoms with Crippen molar-refractivity contribution in [1.29, 1.82) is 0 Å². The SMILES string of the molecule is COc1c(OCCN2CCOCC2)ccc(-c2ccccc2)c1OC. The molecule has 5 heteroatoms. The molecule has 0 atom stereocenters. The summed E-state index contributed by atoms with van der Waals surface area (Å²) in [5.41, 5.74) is 2.07. The Labute approximate surface area is 149 Å². The van der Waals surface area contributed by atoms with Crippen molar-refractivity contribution in [1.82, 2.24) is 4.90 Å². The van der Waals surface area contributed by atoms with E-state index >= 15 is 0 Å². The van der Waals surface area contributed by atoms with E-state index in [0.29, 0.717) is 23.9 Å². The molecule has 3 rings (SSSR count). The van der Waals surface area contributed by atoms with Crippen molar-refractivity contribution in [3.63, 3.8) is 0 Å². The highest BCUT2D eigenvalue weighted by atomic mass is 16.5. The molecule has 0 bridgehead atoms. The summed E-state index contributed by atoms with van der Waals surface area (Å²) in [6.45, 7) is 4.97. The molecule has 1 aliphatic heterocycles. The van der Waals surface area contributed by atoms with Crippen LogP contribution in [0.4, 0.5) is 0 Å². The molecule has 2 aromatic carbocycles. The van der Waals surface area contributed by atoms with Gasteiger partial charge in [0.2, 0.25) is 5.75 Å². The fraction of sp³-hybridized carbons (Fsp3) is 0.400. The lowest BCUT2D eigenvalue weighted by Gasteiger charge is -2.26. The Morgan fingerprint density at radius 2 is 1.64 bits per heavy atom. The summed E-state index contributed by atoms with van der Waals surface area (Å²) < 4.78 is 22.6. The molecular formula is C20H25NO4. The van der Waals surface area contributed by atoms with Crippen LogP contribution in [0, 0.1) is 0 Å². The van der Waals surface area contributed by atoms with Crippen molar-refractivity contribution < 1.29 is 18.9 Å². The molecule has 25 heavy (non-hydrogen) atoms. The molecule has 0 radical (unpaired) electrons. The van der Waals surface area contributed by atoms with Gasteiger partial charge in [-0.2, -0.15) is 0 Å². The minimum atomic E-state index is 0.601. The Morgan fingerprint density at radius 1 is 0.920 bits per heavy atom. The zero-order valence-electron chi connectivity index (χ0n) is 14.9. The van der Waals surface area contributed by atoms with Gasteiger partial charge in [-0.1, -0.05) is 30.3 Å². The standard InChI is InChI=1S/C20H25NO4/c1-22-19-17(16-6-4-3-5-7-16)8-9-18(20(19)23-2)25-15-12-21-10-13-24-14-11-21/h3-9H,10-15H2,1-2H3. The van der Waals surface area contributed by atoms with Crippen molar-refractivity contribution >= 4 is 0 Å². The molecule has 134 valence electrons. The average molecular weight is 343 g/mol. The van der Waals surface area contributed by atoms with Crippen LogP contribution in [0.2, 0.25) is 0 Å². The minimum Gasteiger partial charge on any atom is -0.492 e. The smallest absolute Gasteiger partial charge is 0.203 e. The van der Waals surface area contributed by atoms with E-state index in [1.807, 2.05) is 30.3 Å². The van der Waals surface area contributed by atoms with E-state index in [4.69, 9.17) is 18.9 Å². The third-order valence-electron chi connectivity index (χ3n) is 4.34. The van der Waals surface area contributed by atoms with Gasteiger partial charge in [-0.05, 0) is 17.7 Å². The first kappa shape index (κ1) is 17.6. The summed E-state index contributed by atoms with van der Waals surface area (Å²) in [7, 11) is 3.29. The van der Waals surface area contributed by atoms with Crippen LogP contribution < -0.4 is 14.2 Å². The van der Waals surface area contributed by atoms with Crippen LogP contribution in [0.3, 0.4) is 0 Å². The first-order valence-corrected chi connectivity index (χ1v) is 8.56. The van der Waals surface area contributed by atoms with Crippen LogP contribution in [0.25, 0.3) is 11.1 Å². The Bertz CT molecular complexity index is 669. The lowest BCUT2D eigenvalue weighted by atomic mass is 10.0. The number of hydrogen-bond donors (Lipinski definition) is 0. The number of rotatable bonds is 7. The molecule has 0 amide bonds. The largest absolute Gasteiger partial charge is 0.492 e. The summed E-state index contributed by atoms with van der Waals surface area (Å²) >= 11 is 0. The highest BCUT2D eigenvalue weighted by molar-refractivity contribution is 5.76. The molecule has 1 saturated heterocycles. The van der Waals surface area contributed by atoms with E-state index < -0.39 is 0 Å². The van der Waals surface area contributed by atoms with Gasteiger partial charge < -0.3 is 18.9 Å². The normalized spacial score (nSPS) is 15.0. The number of morpholine rings is 1. The zero-order chi connectivity index (χ0) is 17.5. The van der Waals surface area contributed by atoms with Gasteiger partial charge in [0.1, 0.15) is 6.61 Å². The maximum absolute atomic E-state index is 5.98. The number of nitrogens with zero attached hydrogens (tertiary/aromatic N) is 1. The third kappa shape index (κ3) is 4.24. The van der Waals surface area contributed by atoms with Gasteiger partial charge >= 0.3 is 0 Å². The van der Waals surface area contributed by atoms with Crippen molar-refractivity contribution in [2.45, 2.75) is 0 Å². The van der Waals surface area contributed by atoms with Crippen molar-refractivity contribution in [2.75, 3.05) is 53.7 Å². The molecule has 0 unspecified atom stereocenters. The number of ether oxygens (including phenoxy) is 4. The lowest BCUT2D eigenvalue weighted by molar-refractivity contribution is 0.0321. The maximum Gasteiger partial charge on any atom is 0.203 e. The average Bonchev–Trinajstić information content (AvgIpc) is 2.69. The van der Waals surface area contributed by atoms with Crippen molar-refractivity contribution in [3.05, 3.63) is 42.5 Å². The molecule has 0 spiro atoms. The van der Waals surface area contributed by atoms with Crippen molar-refractivity contribution in [2.24, 2.45) is 0 Å². The van der Waals surface area contributed by atoms with Gasteiger partial charge in [-0.25, -0.2) is 0 Å². The fourth-order valence-electron chi connectivity index (χ4n) is 3.01. The quantitative estimate of drug-likeness (QED) is 0.773. The summed E-state index contributed by atoms with van der Waals surface area (Å²) in [5, 5.41) is 0. The predicted molar refractivity (Wildman–Crippen MR) is 97.7 cm³/mol. The van der Waals surface area contributed by atoms with Gasteiger partial charge in [0, 0.05) is 25.2 Å². The van der Waals surface area contributed by atoms with E-state index in [1.165, 1.54) is 0 Å². The Morgan fingerprint density at radius 3 is 2.32 bits per heavy atom. The van der Waals surface area contributed by atoms with Gasteiger partial charge in [-0.15, -0.1) is 0 Å². The summed E-state index contributed by atoms with van der Waals surface area (Å²) in [6.07, 6.45) is 0. The molecule has 0 aromatic heterocycles. The molecular weight excluding hydrogens is 318 g/mol. The first-order chi connectivity index (χ1) is 12.3. The topological polar surface area (TPSA) is 40.2 Å². The van der Waals surface area contributed by atoms with Crippen LogP contribution >= 0.6 is 0 Å². The first-order valence-electron chi connectivity index (χ1n) is 8.56. The molecule has 1 heterocycles. The maximum atomic E-state index is 5.98. The number of methoxy groups -OCH3 is 2. The zero-order valence-corrected chi connectivity index (χ0v) is 14.9. The summed E-state index contributed by atoms with van der Waals surface area (Å²) in [6, 6.07) is 14.1. The van der Waals surface area contributed by atoms with E-state index in [1.54, 1.807) is 14.2 Å². The van der Waals surface area contributed by atoms with Gasteiger partial charge in [0.15, 0.2) is 11.5 Å². The lowest BCUT2D eigenvalue weighted by Crippen LogP contribution is -2.38. The van der Waals surface area contributed by atoms with Crippen molar-refractivity contribution in [3.8, 4) is 28.4 Å². The van der Waals surface area contributed by atoms with E-state index in [-0.39, 0.29) is 0 Å². The molecule has 2 aromatic rings. The molecule has 0 aliphatic carbocycles. The number of hydrogen-bond acceptors (Lipinski definition) is 5. The van der Waals surface area contributed by atoms with Gasteiger partial charge in [0.25, 0.3) is 0 Å². The van der Waals surface area contributed by atoms with E-state index in [9.17, 15) is 0 Å². The van der Waals surface area contributed by atoms with Gasteiger partial charge in [-0.3, -0.25) is 4.90 Å². The summed E-state index contributed by atoms with van der Waals surface area (Å²) in [5.74, 6) is 2.02. The second-order valence-corrected chi connectivity index (χ2v) is 5.85. The highest BCUT2D eigenvalue weighted by Crippen LogP contribution is 2.44. The van der Waals surface area contributed by atoms with Crippen LogP contribution in [0.15, 0.2) is 42.5 Å². The molecule has 0 N–H and O–H groups in total. The Hall–Kier alpha value is -2.24. The molecule has 1 fully saturated rings. The molecule has 0 saturated carbocycles. The summed E-state index contributed by atoms with van der Waals surface area (Å²) in [4.78, 5) is 2.34. The Kier molecular flexibility index (Phi) is 6.14. The van der Waals surface area contributed by atoms with E-state index in [2.05, 4.69) is 17.0 Å². The van der Waals surface area contributed by atoms with Crippen LogP contribution in [-0.2, 0) is 4.74 Å². The van der Waals surface area contributed by atoms with Crippen LogP contribution in [-0.4, -0.2) is 58.6 Å². The predicted octanol–water partition coefficient (Wildman–Crippen LogP) is 3.08. The third-order valence-corrected chi connectivity index (χ3v) is 4.34. The molecule has 5 nitrogen and oxygen atoms in total. The highest BCUT2D eigenvalue weighted by Gasteiger charge is 2.18. The second-order valence-electron chi connectivity index (χ2n) is 5.85. The monoisotopic (exact) mass is 343 g/mol. The Balaban J connectivity index is 1.75. The van der Waals surface area contributed by atoms with Crippen LogP contribution in [0.5, 0.6) is 17.2 Å². The molecule has 1 aliphatic rings. The minimum absolute atomic E-state index is 0.601. The van der Waals surface area contributed by atoms with Gasteiger partial charge in [0.05, 0.1) is 27.4 Å². The van der Waals surface area contributed by atoms with E-state index in [0.717, 1.165) is 44.0 Å². The fourth-order valence-corrected chi connectivity index (χ4v) is 3.01. The van der Waals surface area contributed by atoms with Crippen LogP contribution in [0.1, 0.15) is 0 Å². The second kappa shape index (κ2) is 8.74. The number of benzene rings is 2.